The first-order valence-corrected chi connectivity index (χ1v) is 8.35. The summed E-state index contributed by atoms with van der Waals surface area (Å²) in [7, 11) is 0. The maximum Gasteiger partial charge on any atom is 0.244 e. The van der Waals surface area contributed by atoms with Crippen molar-refractivity contribution in [1.82, 2.24) is 15.1 Å². The van der Waals surface area contributed by atoms with Crippen molar-refractivity contribution in [2.24, 2.45) is 5.92 Å². The molecule has 0 bridgehead atoms. The van der Waals surface area contributed by atoms with Gasteiger partial charge in [0.25, 0.3) is 0 Å². The number of aromatic nitrogens is 2. The SMILES string of the molecule is CCn1nccc1/C=C/C(=O)NC(CCO)C1CCCCC1. The third kappa shape index (κ3) is 4.70. The summed E-state index contributed by atoms with van der Waals surface area (Å²) in [5, 5.41) is 16.5. The number of hydrogen-bond acceptors (Lipinski definition) is 3. The molecule has 5 heteroatoms. The molecule has 0 radical (unpaired) electrons. The lowest BCUT2D eigenvalue weighted by Gasteiger charge is -2.30. The van der Waals surface area contributed by atoms with Crippen LogP contribution in [0.15, 0.2) is 18.3 Å². The molecule has 2 rings (SSSR count). The van der Waals surface area contributed by atoms with Gasteiger partial charge in [0.2, 0.25) is 5.91 Å². The highest BCUT2D eigenvalue weighted by atomic mass is 16.3. The van der Waals surface area contributed by atoms with Crippen LogP contribution in [0.3, 0.4) is 0 Å². The second-order valence-corrected chi connectivity index (χ2v) is 5.93. The van der Waals surface area contributed by atoms with Crippen LogP contribution in [0.2, 0.25) is 0 Å². The molecule has 1 aliphatic carbocycles. The normalized spacial score (nSPS) is 17.7. The van der Waals surface area contributed by atoms with Crippen molar-refractivity contribution < 1.29 is 9.90 Å². The number of aryl methyl sites for hydroxylation is 1. The number of carbonyl (C=O) groups is 1. The first kappa shape index (κ1) is 16.7. The Labute approximate surface area is 132 Å². The van der Waals surface area contributed by atoms with Gasteiger partial charge in [0.1, 0.15) is 0 Å². The van der Waals surface area contributed by atoms with E-state index in [4.69, 9.17) is 0 Å². The Morgan fingerprint density at radius 1 is 1.50 bits per heavy atom. The Balaban J connectivity index is 1.92. The summed E-state index contributed by atoms with van der Waals surface area (Å²) in [6.45, 7) is 2.92. The Morgan fingerprint density at radius 2 is 2.27 bits per heavy atom. The van der Waals surface area contributed by atoms with E-state index in [1.807, 2.05) is 17.7 Å². The standard InChI is InChI=1S/C17H27N3O2/c1-2-20-15(10-12-18-20)8-9-17(22)19-16(11-13-21)14-6-4-3-5-7-14/h8-10,12,14,16,21H,2-7,11,13H2,1H3,(H,19,22)/b9-8+. The molecule has 1 atom stereocenters. The molecule has 1 saturated carbocycles. The summed E-state index contributed by atoms with van der Waals surface area (Å²) in [6, 6.07) is 1.97. The third-order valence-corrected chi connectivity index (χ3v) is 4.44. The van der Waals surface area contributed by atoms with Crippen LogP contribution in [0.5, 0.6) is 0 Å². The van der Waals surface area contributed by atoms with Gasteiger partial charge in [0.15, 0.2) is 0 Å². The van der Waals surface area contributed by atoms with Crippen LogP contribution in [0.25, 0.3) is 6.08 Å². The lowest BCUT2D eigenvalue weighted by molar-refractivity contribution is -0.117. The topological polar surface area (TPSA) is 67.2 Å². The van der Waals surface area contributed by atoms with Crippen molar-refractivity contribution in [3.63, 3.8) is 0 Å². The largest absolute Gasteiger partial charge is 0.396 e. The van der Waals surface area contributed by atoms with E-state index in [1.54, 1.807) is 18.3 Å². The molecule has 1 aliphatic rings. The summed E-state index contributed by atoms with van der Waals surface area (Å²) in [5.74, 6) is 0.410. The molecule has 2 N–H and O–H groups in total. The van der Waals surface area contributed by atoms with E-state index in [1.165, 1.54) is 19.3 Å². The predicted octanol–water partition coefficient (Wildman–Crippen LogP) is 2.36. The lowest BCUT2D eigenvalue weighted by Crippen LogP contribution is -2.41. The number of carbonyl (C=O) groups excluding carboxylic acids is 1. The second-order valence-electron chi connectivity index (χ2n) is 5.93. The first-order valence-electron chi connectivity index (χ1n) is 8.35. The van der Waals surface area contributed by atoms with E-state index in [0.29, 0.717) is 12.3 Å². The summed E-state index contributed by atoms with van der Waals surface area (Å²) in [4.78, 5) is 12.2. The fourth-order valence-electron chi connectivity index (χ4n) is 3.24. The molecular formula is C17H27N3O2. The average Bonchev–Trinajstić information content (AvgIpc) is 3.01. The van der Waals surface area contributed by atoms with Crippen LogP contribution in [-0.4, -0.2) is 33.4 Å². The smallest absolute Gasteiger partial charge is 0.244 e. The van der Waals surface area contributed by atoms with Gasteiger partial charge in [-0.2, -0.15) is 5.10 Å². The molecule has 1 amide bonds. The van der Waals surface area contributed by atoms with E-state index in [0.717, 1.165) is 25.1 Å². The number of nitrogens with one attached hydrogen (secondary N) is 1. The minimum atomic E-state index is -0.0899. The maximum absolute atomic E-state index is 12.2. The highest BCUT2D eigenvalue weighted by Gasteiger charge is 2.24. The van der Waals surface area contributed by atoms with Crippen LogP contribution < -0.4 is 5.32 Å². The van der Waals surface area contributed by atoms with Gasteiger partial charge in [0.05, 0.1) is 5.69 Å². The predicted molar refractivity (Wildman–Crippen MR) is 87.1 cm³/mol. The summed E-state index contributed by atoms with van der Waals surface area (Å²) < 4.78 is 1.84. The van der Waals surface area contributed by atoms with Crippen molar-refractivity contribution in [1.29, 1.82) is 0 Å². The second kappa shape index (κ2) is 8.73. The van der Waals surface area contributed by atoms with Gasteiger partial charge in [-0.15, -0.1) is 0 Å². The minimum Gasteiger partial charge on any atom is -0.396 e. The highest BCUT2D eigenvalue weighted by molar-refractivity contribution is 5.91. The van der Waals surface area contributed by atoms with E-state index in [2.05, 4.69) is 10.4 Å². The van der Waals surface area contributed by atoms with Crippen molar-refractivity contribution in [2.75, 3.05) is 6.61 Å². The highest BCUT2D eigenvalue weighted by Crippen LogP contribution is 2.27. The summed E-state index contributed by atoms with van der Waals surface area (Å²) in [6.07, 6.45) is 11.8. The van der Waals surface area contributed by atoms with Gasteiger partial charge in [0, 0.05) is 31.5 Å². The van der Waals surface area contributed by atoms with Crippen molar-refractivity contribution >= 4 is 12.0 Å². The third-order valence-electron chi connectivity index (χ3n) is 4.44. The zero-order chi connectivity index (χ0) is 15.8. The van der Waals surface area contributed by atoms with Gasteiger partial charge in [-0.1, -0.05) is 19.3 Å². The Bertz CT molecular complexity index is 490. The van der Waals surface area contributed by atoms with Gasteiger partial charge < -0.3 is 10.4 Å². The number of nitrogens with zero attached hydrogens (tertiary/aromatic N) is 2. The zero-order valence-electron chi connectivity index (χ0n) is 13.4. The molecule has 122 valence electrons. The quantitative estimate of drug-likeness (QED) is 0.760. The monoisotopic (exact) mass is 305 g/mol. The molecule has 0 aromatic carbocycles. The molecule has 0 saturated heterocycles. The molecular weight excluding hydrogens is 278 g/mol. The van der Waals surface area contributed by atoms with Gasteiger partial charge in [-0.3, -0.25) is 9.48 Å². The van der Waals surface area contributed by atoms with Crippen LogP contribution in [0, 0.1) is 5.92 Å². The number of amides is 1. The fourth-order valence-corrected chi connectivity index (χ4v) is 3.24. The van der Waals surface area contributed by atoms with E-state index in [9.17, 15) is 9.90 Å². The summed E-state index contributed by atoms with van der Waals surface area (Å²) in [5.41, 5.74) is 0.925. The van der Waals surface area contributed by atoms with Crippen LogP contribution in [0.4, 0.5) is 0 Å². The van der Waals surface area contributed by atoms with E-state index >= 15 is 0 Å². The maximum atomic E-state index is 12.2. The van der Waals surface area contributed by atoms with Crippen molar-refractivity contribution in [3.8, 4) is 0 Å². The Hall–Kier alpha value is -1.62. The van der Waals surface area contributed by atoms with Crippen LogP contribution >= 0.6 is 0 Å². The molecule has 1 heterocycles. The van der Waals surface area contributed by atoms with Crippen molar-refractivity contribution in [2.45, 2.75) is 58.0 Å². The fraction of sp³-hybridized carbons (Fsp3) is 0.647. The molecule has 1 aromatic rings. The van der Waals surface area contributed by atoms with E-state index < -0.39 is 0 Å². The number of aliphatic hydroxyl groups excluding tert-OH is 1. The molecule has 1 unspecified atom stereocenters. The van der Waals surface area contributed by atoms with Gasteiger partial charge in [-0.05, 0) is 44.2 Å². The molecule has 5 nitrogen and oxygen atoms in total. The molecule has 22 heavy (non-hydrogen) atoms. The number of aliphatic hydroxyl groups is 1. The minimum absolute atomic E-state index is 0.0820. The zero-order valence-corrected chi connectivity index (χ0v) is 13.4. The van der Waals surface area contributed by atoms with Gasteiger partial charge in [-0.25, -0.2) is 0 Å². The Kier molecular flexibility index (Phi) is 6.65. The van der Waals surface area contributed by atoms with Crippen LogP contribution in [0.1, 0.15) is 51.1 Å². The lowest BCUT2D eigenvalue weighted by atomic mass is 9.82. The first-order chi connectivity index (χ1) is 10.7. The molecule has 0 aliphatic heterocycles. The van der Waals surface area contributed by atoms with Crippen LogP contribution in [-0.2, 0) is 11.3 Å². The van der Waals surface area contributed by atoms with Crippen molar-refractivity contribution in [3.05, 3.63) is 24.0 Å². The number of rotatable bonds is 7. The number of hydrogen-bond donors (Lipinski definition) is 2. The molecule has 0 spiro atoms. The average molecular weight is 305 g/mol. The van der Waals surface area contributed by atoms with Gasteiger partial charge >= 0.3 is 0 Å². The molecule has 1 aromatic heterocycles. The van der Waals surface area contributed by atoms with E-state index in [-0.39, 0.29) is 18.6 Å². The Morgan fingerprint density at radius 3 is 2.95 bits per heavy atom. The molecule has 1 fully saturated rings. The summed E-state index contributed by atoms with van der Waals surface area (Å²) >= 11 is 0.